The Morgan fingerprint density at radius 2 is 1.92 bits per heavy atom. The van der Waals surface area contributed by atoms with Gasteiger partial charge in [-0.25, -0.2) is 4.98 Å². The lowest BCUT2D eigenvalue weighted by Crippen LogP contribution is -2.23. The van der Waals surface area contributed by atoms with Crippen LogP contribution in [0.1, 0.15) is 38.2 Å². The molecule has 3 N–H and O–H groups in total. The third-order valence-corrected chi connectivity index (χ3v) is 7.66. The molecule has 0 aliphatic heterocycles. The molecule has 196 valence electrons. The summed E-state index contributed by atoms with van der Waals surface area (Å²) in [5.41, 5.74) is 8.90. The van der Waals surface area contributed by atoms with E-state index in [4.69, 9.17) is 4.98 Å². The van der Waals surface area contributed by atoms with Crippen molar-refractivity contribution < 1.29 is 0 Å². The molecule has 0 atom stereocenters. The highest BCUT2D eigenvalue weighted by atomic mass is 15.1. The summed E-state index contributed by atoms with van der Waals surface area (Å²) in [7, 11) is 0. The van der Waals surface area contributed by atoms with E-state index in [1.54, 1.807) is 18.6 Å². The lowest BCUT2D eigenvalue weighted by Gasteiger charge is -2.12. The number of aromatic amines is 2. The molecular formula is C32H33N7. The van der Waals surface area contributed by atoms with Crippen LogP contribution < -0.4 is 5.32 Å². The van der Waals surface area contributed by atoms with Crippen molar-refractivity contribution in [1.29, 1.82) is 0 Å². The first-order chi connectivity index (χ1) is 19.2. The number of imidazole rings is 1. The minimum Gasteiger partial charge on any atom is -0.335 e. The SMILES string of the molecule is C=C/C(=C\C(=C/C)c1ccc2[nH]nc(-c3nc4c(-c5ccncc5)cncc4[nH]3)c2c1)CNCC1CCCC1. The summed E-state index contributed by atoms with van der Waals surface area (Å²) in [6.45, 7) is 8.04. The fourth-order valence-electron chi connectivity index (χ4n) is 5.51. The average Bonchev–Trinajstić information content (AvgIpc) is 3.74. The molecule has 7 nitrogen and oxygen atoms in total. The van der Waals surface area contributed by atoms with Gasteiger partial charge in [0, 0.05) is 36.1 Å². The Morgan fingerprint density at radius 1 is 1.08 bits per heavy atom. The second kappa shape index (κ2) is 11.2. The molecule has 0 radical (unpaired) electrons. The van der Waals surface area contributed by atoms with Crippen LogP contribution in [0.4, 0.5) is 0 Å². The van der Waals surface area contributed by atoms with E-state index in [0.29, 0.717) is 5.82 Å². The highest BCUT2D eigenvalue weighted by molar-refractivity contribution is 5.98. The Bertz CT molecular complexity index is 1670. The van der Waals surface area contributed by atoms with Crippen LogP contribution in [0.15, 0.2) is 85.5 Å². The van der Waals surface area contributed by atoms with E-state index in [1.165, 1.54) is 31.3 Å². The summed E-state index contributed by atoms with van der Waals surface area (Å²) in [5, 5.41) is 12.5. The fourth-order valence-corrected chi connectivity index (χ4v) is 5.51. The summed E-state index contributed by atoms with van der Waals surface area (Å²) >= 11 is 0. The molecule has 1 aromatic carbocycles. The minimum absolute atomic E-state index is 0.706. The van der Waals surface area contributed by atoms with Gasteiger partial charge in [0.2, 0.25) is 0 Å². The van der Waals surface area contributed by atoms with Gasteiger partial charge in [0.05, 0.1) is 22.7 Å². The second-order valence-corrected chi connectivity index (χ2v) is 10.2. The molecule has 0 amide bonds. The van der Waals surface area contributed by atoms with Gasteiger partial charge in [-0.15, -0.1) is 0 Å². The molecular weight excluding hydrogens is 482 g/mol. The van der Waals surface area contributed by atoms with E-state index >= 15 is 0 Å². The molecule has 0 saturated heterocycles. The number of hydrogen-bond acceptors (Lipinski definition) is 5. The molecule has 1 saturated carbocycles. The Hall–Kier alpha value is -4.36. The van der Waals surface area contributed by atoms with Gasteiger partial charge in [0.25, 0.3) is 0 Å². The third-order valence-electron chi connectivity index (χ3n) is 7.66. The average molecular weight is 516 g/mol. The van der Waals surface area contributed by atoms with Crippen molar-refractivity contribution in [3.05, 3.63) is 91.1 Å². The highest BCUT2D eigenvalue weighted by Crippen LogP contribution is 2.32. The number of nitrogens with one attached hydrogen (secondary N) is 3. The molecule has 0 bridgehead atoms. The van der Waals surface area contributed by atoms with Gasteiger partial charge in [0.15, 0.2) is 5.82 Å². The van der Waals surface area contributed by atoms with Crippen molar-refractivity contribution in [3.63, 3.8) is 0 Å². The van der Waals surface area contributed by atoms with Gasteiger partial charge in [-0.2, -0.15) is 5.10 Å². The molecule has 5 aromatic rings. The smallest absolute Gasteiger partial charge is 0.159 e. The van der Waals surface area contributed by atoms with Crippen LogP contribution in [-0.4, -0.2) is 43.2 Å². The summed E-state index contributed by atoms with van der Waals surface area (Å²) in [6.07, 6.45) is 19.0. The summed E-state index contributed by atoms with van der Waals surface area (Å²) in [5.74, 6) is 1.52. The molecule has 6 rings (SSSR count). The normalized spacial score (nSPS) is 15.0. The zero-order valence-corrected chi connectivity index (χ0v) is 22.2. The number of fused-ring (bicyclic) bond motifs is 2. The van der Waals surface area contributed by atoms with Crippen LogP contribution >= 0.6 is 0 Å². The number of benzene rings is 1. The topological polar surface area (TPSA) is 95.2 Å². The molecule has 7 heteroatoms. The van der Waals surface area contributed by atoms with Gasteiger partial charge in [-0.3, -0.25) is 15.1 Å². The Morgan fingerprint density at radius 3 is 2.72 bits per heavy atom. The molecule has 4 aromatic heterocycles. The van der Waals surface area contributed by atoms with Crippen molar-refractivity contribution >= 4 is 27.5 Å². The van der Waals surface area contributed by atoms with Gasteiger partial charge < -0.3 is 10.3 Å². The molecule has 0 unspecified atom stereocenters. The predicted molar refractivity (Wildman–Crippen MR) is 159 cm³/mol. The van der Waals surface area contributed by atoms with Crippen LogP contribution in [0.3, 0.4) is 0 Å². The van der Waals surface area contributed by atoms with Crippen LogP contribution in [0.5, 0.6) is 0 Å². The number of nitrogens with zero attached hydrogens (tertiary/aromatic N) is 4. The van der Waals surface area contributed by atoms with Gasteiger partial charge >= 0.3 is 0 Å². The van der Waals surface area contributed by atoms with E-state index in [-0.39, 0.29) is 0 Å². The highest BCUT2D eigenvalue weighted by Gasteiger charge is 2.17. The standard InChI is InChI=1S/C32H33N7/c1-3-21(17-34-18-22-7-5-6-8-22)15-23(4-2)25-9-10-28-26(16-25)31(39-38-28)32-36-29-20-35-19-27(30(29)37-32)24-11-13-33-14-12-24/h3-4,9-16,19-20,22,34H,1,5-8,17-18H2,2H3,(H,36,37)(H,38,39)/b21-15+,23-4+. The third kappa shape index (κ3) is 5.18. The first-order valence-electron chi connectivity index (χ1n) is 13.7. The van der Waals surface area contributed by atoms with Crippen molar-refractivity contribution in [1.82, 2.24) is 35.5 Å². The summed E-state index contributed by atoms with van der Waals surface area (Å²) in [4.78, 5) is 16.9. The van der Waals surface area contributed by atoms with Gasteiger partial charge in [-0.05, 0) is 78.8 Å². The van der Waals surface area contributed by atoms with Crippen molar-refractivity contribution in [2.75, 3.05) is 13.1 Å². The maximum Gasteiger partial charge on any atom is 0.159 e. The lowest BCUT2D eigenvalue weighted by atomic mass is 10.00. The number of hydrogen-bond donors (Lipinski definition) is 3. The van der Waals surface area contributed by atoms with Crippen molar-refractivity contribution in [2.24, 2.45) is 5.92 Å². The molecule has 1 fully saturated rings. The first kappa shape index (κ1) is 24.9. The zero-order chi connectivity index (χ0) is 26.6. The molecule has 4 heterocycles. The molecule has 1 aliphatic carbocycles. The second-order valence-electron chi connectivity index (χ2n) is 10.2. The zero-order valence-electron chi connectivity index (χ0n) is 22.2. The molecule has 0 spiro atoms. The van der Waals surface area contributed by atoms with Crippen LogP contribution in [0, 0.1) is 5.92 Å². The molecule has 39 heavy (non-hydrogen) atoms. The monoisotopic (exact) mass is 515 g/mol. The Kier molecular flexibility index (Phi) is 7.15. The number of aromatic nitrogens is 6. The number of H-pyrrole nitrogens is 2. The summed E-state index contributed by atoms with van der Waals surface area (Å²) < 4.78 is 0. The molecule has 1 aliphatic rings. The van der Waals surface area contributed by atoms with E-state index in [0.717, 1.165) is 68.9 Å². The number of allylic oxidation sites excluding steroid dienone is 3. The van der Waals surface area contributed by atoms with Crippen molar-refractivity contribution in [3.8, 4) is 22.6 Å². The van der Waals surface area contributed by atoms with E-state index < -0.39 is 0 Å². The van der Waals surface area contributed by atoms with Gasteiger partial charge in [0.1, 0.15) is 5.69 Å². The summed E-state index contributed by atoms with van der Waals surface area (Å²) in [6, 6.07) is 10.3. The van der Waals surface area contributed by atoms with Crippen LogP contribution in [-0.2, 0) is 0 Å². The number of rotatable bonds is 9. The van der Waals surface area contributed by atoms with Crippen LogP contribution in [0.25, 0.3) is 50.2 Å². The minimum atomic E-state index is 0.706. The first-order valence-corrected chi connectivity index (χ1v) is 13.7. The Balaban J connectivity index is 1.30. The van der Waals surface area contributed by atoms with Crippen molar-refractivity contribution in [2.45, 2.75) is 32.6 Å². The Labute approximate surface area is 228 Å². The van der Waals surface area contributed by atoms with E-state index in [2.05, 4.69) is 74.3 Å². The largest absolute Gasteiger partial charge is 0.335 e. The number of pyridine rings is 2. The van der Waals surface area contributed by atoms with E-state index in [9.17, 15) is 0 Å². The quantitative estimate of drug-likeness (QED) is 0.186. The predicted octanol–water partition coefficient (Wildman–Crippen LogP) is 6.86. The maximum absolute atomic E-state index is 4.96. The fraction of sp³-hybridized carbons (Fsp3) is 0.250. The lowest BCUT2D eigenvalue weighted by molar-refractivity contribution is 0.503. The van der Waals surface area contributed by atoms with Gasteiger partial charge in [-0.1, -0.05) is 43.7 Å². The maximum atomic E-state index is 4.96. The van der Waals surface area contributed by atoms with E-state index in [1.807, 2.05) is 24.4 Å². The van der Waals surface area contributed by atoms with Crippen LogP contribution in [0.2, 0.25) is 0 Å².